The quantitative estimate of drug-likeness (QED) is 0.754. The number of hydrogen-bond acceptors (Lipinski definition) is 4. The SMILES string of the molecule is CCCNC(=O)CN(C)S(=O)(=O)c1c(F)cc(N)cc1F. The topological polar surface area (TPSA) is 92.5 Å². The van der Waals surface area contributed by atoms with E-state index in [9.17, 15) is 22.0 Å². The number of rotatable bonds is 6. The highest BCUT2D eigenvalue weighted by Gasteiger charge is 2.30. The zero-order valence-corrected chi connectivity index (χ0v) is 12.5. The molecule has 0 unspecified atom stereocenters. The molecule has 0 saturated heterocycles. The van der Waals surface area contributed by atoms with Gasteiger partial charge in [0.2, 0.25) is 15.9 Å². The Morgan fingerprint density at radius 1 is 1.33 bits per heavy atom. The monoisotopic (exact) mass is 321 g/mol. The molecule has 0 aromatic heterocycles. The van der Waals surface area contributed by atoms with E-state index in [0.29, 0.717) is 29.4 Å². The van der Waals surface area contributed by atoms with Gasteiger partial charge in [-0.05, 0) is 18.6 Å². The van der Waals surface area contributed by atoms with Gasteiger partial charge in [0.1, 0.15) is 11.6 Å². The molecule has 21 heavy (non-hydrogen) atoms. The number of sulfonamides is 1. The number of nitrogens with one attached hydrogen (secondary N) is 1. The van der Waals surface area contributed by atoms with Crippen molar-refractivity contribution in [2.75, 3.05) is 25.9 Å². The van der Waals surface area contributed by atoms with Crippen molar-refractivity contribution >= 4 is 21.6 Å². The number of carbonyl (C=O) groups excluding carboxylic acids is 1. The molecule has 1 aromatic rings. The van der Waals surface area contributed by atoms with Crippen LogP contribution in [0, 0.1) is 11.6 Å². The van der Waals surface area contributed by atoms with Gasteiger partial charge in [0.15, 0.2) is 4.90 Å². The molecule has 1 rings (SSSR count). The van der Waals surface area contributed by atoms with Crippen molar-refractivity contribution < 1.29 is 22.0 Å². The first-order valence-corrected chi connectivity index (χ1v) is 7.61. The maximum Gasteiger partial charge on any atom is 0.249 e. The van der Waals surface area contributed by atoms with Crippen LogP contribution in [0.3, 0.4) is 0 Å². The Hall–Kier alpha value is -1.74. The third-order valence-electron chi connectivity index (χ3n) is 2.63. The summed E-state index contributed by atoms with van der Waals surface area (Å²) in [6.07, 6.45) is 0.684. The lowest BCUT2D eigenvalue weighted by atomic mass is 10.3. The van der Waals surface area contributed by atoms with E-state index in [2.05, 4.69) is 5.32 Å². The first kappa shape index (κ1) is 17.3. The van der Waals surface area contributed by atoms with Crippen LogP contribution in [0.4, 0.5) is 14.5 Å². The van der Waals surface area contributed by atoms with E-state index in [4.69, 9.17) is 5.73 Å². The number of carbonyl (C=O) groups is 1. The molecule has 0 spiro atoms. The average Bonchev–Trinajstić information content (AvgIpc) is 2.34. The normalized spacial score (nSPS) is 11.7. The summed E-state index contributed by atoms with van der Waals surface area (Å²) >= 11 is 0. The predicted molar refractivity (Wildman–Crippen MR) is 73.9 cm³/mol. The summed E-state index contributed by atoms with van der Waals surface area (Å²) in [5, 5.41) is 2.47. The van der Waals surface area contributed by atoms with Gasteiger partial charge in [0.05, 0.1) is 6.54 Å². The molecule has 0 radical (unpaired) electrons. The highest BCUT2D eigenvalue weighted by atomic mass is 32.2. The number of anilines is 1. The van der Waals surface area contributed by atoms with Gasteiger partial charge in [0.25, 0.3) is 0 Å². The molecule has 1 aromatic carbocycles. The minimum absolute atomic E-state index is 0.229. The van der Waals surface area contributed by atoms with Gasteiger partial charge >= 0.3 is 0 Å². The van der Waals surface area contributed by atoms with E-state index < -0.39 is 39.0 Å². The fourth-order valence-electron chi connectivity index (χ4n) is 1.59. The van der Waals surface area contributed by atoms with Gasteiger partial charge in [-0.15, -0.1) is 0 Å². The summed E-state index contributed by atoms with van der Waals surface area (Å²) in [4.78, 5) is 10.4. The molecule has 118 valence electrons. The van der Waals surface area contributed by atoms with Crippen molar-refractivity contribution in [3.8, 4) is 0 Å². The lowest BCUT2D eigenvalue weighted by Crippen LogP contribution is -2.39. The van der Waals surface area contributed by atoms with Gasteiger partial charge in [0, 0.05) is 19.3 Å². The molecule has 0 fully saturated rings. The number of likely N-dealkylation sites (N-methyl/N-ethyl adjacent to an activating group) is 1. The summed E-state index contributed by atoms with van der Waals surface area (Å²) in [5.41, 5.74) is 5.00. The van der Waals surface area contributed by atoms with Crippen LogP contribution in [-0.4, -0.2) is 38.8 Å². The van der Waals surface area contributed by atoms with Gasteiger partial charge < -0.3 is 11.1 Å². The number of nitrogen functional groups attached to an aromatic ring is 1. The van der Waals surface area contributed by atoms with Gasteiger partial charge in [-0.1, -0.05) is 6.92 Å². The number of hydrogen-bond donors (Lipinski definition) is 2. The smallest absolute Gasteiger partial charge is 0.249 e. The predicted octanol–water partition coefficient (Wildman–Crippen LogP) is 0.694. The molecule has 6 nitrogen and oxygen atoms in total. The van der Waals surface area contributed by atoms with Crippen LogP contribution in [0.5, 0.6) is 0 Å². The summed E-state index contributed by atoms with van der Waals surface area (Å²) in [6.45, 7) is 1.68. The van der Waals surface area contributed by atoms with Crippen molar-refractivity contribution in [2.45, 2.75) is 18.2 Å². The lowest BCUT2D eigenvalue weighted by Gasteiger charge is -2.17. The summed E-state index contributed by atoms with van der Waals surface area (Å²) < 4.78 is 52.2. The standard InChI is InChI=1S/C12H17F2N3O3S/c1-3-4-16-11(18)7-17(2)21(19,20)12-9(13)5-8(15)6-10(12)14/h5-6H,3-4,7,15H2,1-2H3,(H,16,18). The van der Waals surface area contributed by atoms with E-state index in [0.717, 1.165) is 7.05 Å². The van der Waals surface area contributed by atoms with E-state index in [1.165, 1.54) is 0 Å². The third-order valence-corrected chi connectivity index (χ3v) is 4.48. The molecule has 1 amide bonds. The van der Waals surface area contributed by atoms with Crippen LogP contribution >= 0.6 is 0 Å². The molecule has 3 N–H and O–H groups in total. The fraction of sp³-hybridized carbons (Fsp3) is 0.417. The van der Waals surface area contributed by atoms with Crippen molar-refractivity contribution in [2.24, 2.45) is 0 Å². The van der Waals surface area contributed by atoms with Crippen molar-refractivity contribution in [3.63, 3.8) is 0 Å². The molecule has 0 heterocycles. The number of nitrogens with zero attached hydrogens (tertiary/aromatic N) is 1. The zero-order valence-electron chi connectivity index (χ0n) is 11.7. The molecule has 0 atom stereocenters. The molecule has 0 saturated carbocycles. The Bertz CT molecular complexity index is 612. The van der Waals surface area contributed by atoms with Gasteiger partial charge in [-0.2, -0.15) is 4.31 Å². The van der Waals surface area contributed by atoms with Crippen LogP contribution in [0.2, 0.25) is 0 Å². The van der Waals surface area contributed by atoms with Crippen molar-refractivity contribution in [1.29, 1.82) is 0 Å². The summed E-state index contributed by atoms with van der Waals surface area (Å²) in [6, 6.07) is 1.42. The molecule has 0 aliphatic heterocycles. The number of amides is 1. The third kappa shape index (κ3) is 4.11. The molecule has 0 aliphatic carbocycles. The Morgan fingerprint density at radius 3 is 2.33 bits per heavy atom. The van der Waals surface area contributed by atoms with Crippen LogP contribution in [0.15, 0.2) is 17.0 Å². The van der Waals surface area contributed by atoms with E-state index >= 15 is 0 Å². The summed E-state index contributed by atoms with van der Waals surface area (Å²) in [7, 11) is -3.40. The molecule has 0 bridgehead atoms. The highest BCUT2D eigenvalue weighted by molar-refractivity contribution is 7.89. The number of benzene rings is 1. The number of nitrogens with two attached hydrogens (primary N) is 1. The first-order valence-electron chi connectivity index (χ1n) is 6.17. The highest BCUT2D eigenvalue weighted by Crippen LogP contribution is 2.24. The maximum absolute atomic E-state index is 13.7. The Balaban J connectivity index is 3.03. The van der Waals surface area contributed by atoms with E-state index in [-0.39, 0.29) is 5.69 Å². The Kier molecular flexibility index (Phi) is 5.62. The minimum Gasteiger partial charge on any atom is -0.399 e. The van der Waals surface area contributed by atoms with Gasteiger partial charge in [-0.25, -0.2) is 17.2 Å². The second-order valence-electron chi connectivity index (χ2n) is 4.42. The molecule has 9 heteroatoms. The minimum atomic E-state index is -4.47. The van der Waals surface area contributed by atoms with Crippen LogP contribution in [0.1, 0.15) is 13.3 Å². The fourth-order valence-corrected chi connectivity index (χ4v) is 2.80. The second-order valence-corrected chi connectivity index (χ2v) is 6.41. The van der Waals surface area contributed by atoms with Crippen LogP contribution in [-0.2, 0) is 14.8 Å². The van der Waals surface area contributed by atoms with E-state index in [1.54, 1.807) is 0 Å². The lowest BCUT2D eigenvalue weighted by molar-refractivity contribution is -0.121. The largest absolute Gasteiger partial charge is 0.399 e. The van der Waals surface area contributed by atoms with Crippen LogP contribution in [0.25, 0.3) is 0 Å². The van der Waals surface area contributed by atoms with Crippen molar-refractivity contribution in [3.05, 3.63) is 23.8 Å². The van der Waals surface area contributed by atoms with Gasteiger partial charge in [-0.3, -0.25) is 4.79 Å². The Labute approximate surface area is 122 Å². The maximum atomic E-state index is 13.7. The second kappa shape index (κ2) is 6.81. The average molecular weight is 321 g/mol. The molecular formula is C12H17F2N3O3S. The van der Waals surface area contributed by atoms with Crippen LogP contribution < -0.4 is 11.1 Å². The zero-order chi connectivity index (χ0) is 16.2. The molecule has 0 aliphatic rings. The summed E-state index contributed by atoms with van der Waals surface area (Å²) in [5.74, 6) is -3.15. The first-order chi connectivity index (χ1) is 9.70. The number of halogens is 2. The van der Waals surface area contributed by atoms with Crippen molar-refractivity contribution in [1.82, 2.24) is 9.62 Å². The molecular weight excluding hydrogens is 304 g/mol. The van der Waals surface area contributed by atoms with E-state index in [1.807, 2.05) is 6.92 Å². The Morgan fingerprint density at radius 2 is 1.86 bits per heavy atom.